The first kappa shape index (κ1) is 13.3. The number of aromatic nitrogens is 1. The third kappa shape index (κ3) is 3.64. The number of aryl methyl sites for hydroxylation is 1. The lowest BCUT2D eigenvalue weighted by Gasteiger charge is -2.08. The van der Waals surface area contributed by atoms with Gasteiger partial charge in [0.05, 0.1) is 11.5 Å². The molecule has 0 atom stereocenters. The van der Waals surface area contributed by atoms with Gasteiger partial charge in [-0.1, -0.05) is 0 Å². The maximum Gasteiger partial charge on any atom is 0.314 e. The average molecular weight is 264 g/mol. The number of anilines is 1. The molecule has 1 saturated carbocycles. The van der Waals surface area contributed by atoms with Crippen LogP contribution in [-0.2, 0) is 4.79 Å². The van der Waals surface area contributed by atoms with Crippen LogP contribution in [0.3, 0.4) is 0 Å². The Balaban J connectivity index is 1.92. The van der Waals surface area contributed by atoms with Crippen LogP contribution in [0.1, 0.15) is 18.4 Å². The van der Waals surface area contributed by atoms with E-state index in [1.807, 2.05) is 0 Å². The molecular formula is C12H16N4O3. The van der Waals surface area contributed by atoms with E-state index in [-0.39, 0.29) is 24.0 Å². The van der Waals surface area contributed by atoms with Crippen molar-refractivity contribution in [2.75, 3.05) is 18.4 Å². The van der Waals surface area contributed by atoms with E-state index >= 15 is 0 Å². The van der Waals surface area contributed by atoms with E-state index < -0.39 is 4.92 Å². The lowest BCUT2D eigenvalue weighted by molar-refractivity contribution is -0.384. The Morgan fingerprint density at radius 2 is 2.32 bits per heavy atom. The maximum atomic E-state index is 11.5. The second-order valence-corrected chi connectivity index (χ2v) is 4.68. The summed E-state index contributed by atoms with van der Waals surface area (Å²) in [5.74, 6) is 0.562. The van der Waals surface area contributed by atoms with E-state index in [9.17, 15) is 14.9 Å². The fraction of sp³-hybridized carbons (Fsp3) is 0.500. The van der Waals surface area contributed by atoms with E-state index in [1.54, 1.807) is 13.0 Å². The molecule has 7 heteroatoms. The van der Waals surface area contributed by atoms with Crippen molar-refractivity contribution in [3.8, 4) is 0 Å². The molecule has 7 nitrogen and oxygen atoms in total. The summed E-state index contributed by atoms with van der Waals surface area (Å²) in [4.78, 5) is 25.9. The molecule has 0 radical (unpaired) electrons. The Morgan fingerprint density at radius 1 is 1.58 bits per heavy atom. The molecule has 1 aliphatic rings. The Morgan fingerprint density at radius 3 is 2.95 bits per heavy atom. The van der Waals surface area contributed by atoms with Gasteiger partial charge in [0.15, 0.2) is 0 Å². The Hall–Kier alpha value is -2.18. The third-order valence-electron chi connectivity index (χ3n) is 3.01. The normalized spacial score (nSPS) is 13.9. The summed E-state index contributed by atoms with van der Waals surface area (Å²) in [7, 11) is 0. The van der Waals surface area contributed by atoms with Crippen molar-refractivity contribution in [2.24, 2.45) is 5.92 Å². The second-order valence-electron chi connectivity index (χ2n) is 4.68. The zero-order chi connectivity index (χ0) is 13.8. The van der Waals surface area contributed by atoms with Gasteiger partial charge in [-0.05, 0) is 31.7 Å². The number of hydrogen-bond donors (Lipinski definition) is 2. The minimum atomic E-state index is -0.493. The first-order chi connectivity index (χ1) is 9.08. The van der Waals surface area contributed by atoms with Crippen molar-refractivity contribution in [3.05, 3.63) is 27.9 Å². The SMILES string of the molecule is Cc1ccnc(NCC(=O)NCC2CC2)c1[N+](=O)[O-]. The zero-order valence-corrected chi connectivity index (χ0v) is 10.7. The number of hydrogen-bond acceptors (Lipinski definition) is 5. The van der Waals surface area contributed by atoms with Crippen molar-refractivity contribution in [2.45, 2.75) is 19.8 Å². The van der Waals surface area contributed by atoms with Gasteiger partial charge in [0.2, 0.25) is 11.7 Å². The Labute approximate surface area is 110 Å². The molecule has 0 bridgehead atoms. The molecule has 2 N–H and O–H groups in total. The number of amides is 1. The van der Waals surface area contributed by atoms with E-state index in [0.29, 0.717) is 18.0 Å². The second kappa shape index (κ2) is 5.64. The molecule has 1 aliphatic carbocycles. The summed E-state index contributed by atoms with van der Waals surface area (Å²) in [5, 5.41) is 16.4. The van der Waals surface area contributed by atoms with E-state index in [4.69, 9.17) is 0 Å². The lowest BCUT2D eigenvalue weighted by Crippen LogP contribution is -2.31. The van der Waals surface area contributed by atoms with E-state index in [0.717, 1.165) is 0 Å². The lowest BCUT2D eigenvalue weighted by atomic mass is 10.2. The number of rotatable bonds is 6. The highest BCUT2D eigenvalue weighted by atomic mass is 16.6. The highest BCUT2D eigenvalue weighted by Crippen LogP contribution is 2.27. The predicted molar refractivity (Wildman–Crippen MR) is 69.9 cm³/mol. The maximum absolute atomic E-state index is 11.5. The number of carbonyl (C=O) groups is 1. The van der Waals surface area contributed by atoms with Gasteiger partial charge in [-0.3, -0.25) is 14.9 Å². The number of nitrogens with one attached hydrogen (secondary N) is 2. The quantitative estimate of drug-likeness (QED) is 0.595. The standard InChI is InChI=1S/C12H16N4O3/c1-8-4-5-13-12(11(8)16(18)19)15-7-10(17)14-6-9-2-3-9/h4-5,9H,2-3,6-7H2,1H3,(H,13,15)(H,14,17). The van der Waals surface area contributed by atoms with Crippen LogP contribution in [0.25, 0.3) is 0 Å². The highest BCUT2D eigenvalue weighted by Gasteiger charge is 2.22. The van der Waals surface area contributed by atoms with Gasteiger partial charge in [0.25, 0.3) is 0 Å². The largest absolute Gasteiger partial charge is 0.355 e. The van der Waals surface area contributed by atoms with Crippen LogP contribution < -0.4 is 10.6 Å². The number of pyridine rings is 1. The molecule has 0 saturated heterocycles. The topological polar surface area (TPSA) is 97.2 Å². The van der Waals surface area contributed by atoms with Crippen molar-refractivity contribution in [1.29, 1.82) is 0 Å². The van der Waals surface area contributed by atoms with Crippen molar-refractivity contribution in [3.63, 3.8) is 0 Å². The molecule has 1 aromatic heterocycles. The molecule has 1 aromatic rings. The summed E-state index contributed by atoms with van der Waals surface area (Å²) in [6.45, 7) is 2.31. The van der Waals surface area contributed by atoms with Gasteiger partial charge in [-0.15, -0.1) is 0 Å². The fourth-order valence-electron chi connectivity index (χ4n) is 1.72. The molecule has 0 aliphatic heterocycles. The van der Waals surface area contributed by atoms with Gasteiger partial charge in [0.1, 0.15) is 0 Å². The van der Waals surface area contributed by atoms with Gasteiger partial charge in [0, 0.05) is 18.3 Å². The Kier molecular flexibility index (Phi) is 3.94. The third-order valence-corrected chi connectivity index (χ3v) is 3.01. The molecule has 1 amide bonds. The first-order valence-corrected chi connectivity index (χ1v) is 6.18. The first-order valence-electron chi connectivity index (χ1n) is 6.18. The molecule has 0 spiro atoms. The minimum absolute atomic E-state index is 0.00991. The monoisotopic (exact) mass is 264 g/mol. The van der Waals surface area contributed by atoms with Crippen LogP contribution in [0.4, 0.5) is 11.5 Å². The summed E-state index contributed by atoms with van der Waals surface area (Å²) in [5.41, 5.74) is 0.429. The smallest absolute Gasteiger partial charge is 0.314 e. The molecular weight excluding hydrogens is 248 g/mol. The zero-order valence-electron chi connectivity index (χ0n) is 10.7. The number of nitro groups is 1. The van der Waals surface area contributed by atoms with Crippen molar-refractivity contribution in [1.82, 2.24) is 10.3 Å². The molecule has 1 fully saturated rings. The van der Waals surface area contributed by atoms with Gasteiger partial charge < -0.3 is 10.6 Å². The van der Waals surface area contributed by atoms with Crippen LogP contribution in [0, 0.1) is 23.0 Å². The molecule has 102 valence electrons. The van der Waals surface area contributed by atoms with E-state index in [2.05, 4.69) is 15.6 Å². The minimum Gasteiger partial charge on any atom is -0.355 e. The van der Waals surface area contributed by atoms with Gasteiger partial charge in [-0.25, -0.2) is 4.98 Å². The average Bonchev–Trinajstić information content (AvgIpc) is 3.17. The summed E-state index contributed by atoms with van der Waals surface area (Å²) in [6.07, 6.45) is 3.81. The predicted octanol–water partition coefficient (Wildman–Crippen LogP) is 1.24. The van der Waals surface area contributed by atoms with Gasteiger partial charge in [-0.2, -0.15) is 0 Å². The summed E-state index contributed by atoms with van der Waals surface area (Å²) in [6, 6.07) is 1.57. The van der Waals surface area contributed by atoms with Gasteiger partial charge >= 0.3 is 5.69 Å². The molecule has 2 rings (SSSR count). The number of carbonyl (C=O) groups excluding carboxylic acids is 1. The van der Waals surface area contributed by atoms with Crippen LogP contribution in [-0.4, -0.2) is 28.9 Å². The van der Waals surface area contributed by atoms with Crippen LogP contribution in [0.2, 0.25) is 0 Å². The molecule has 1 heterocycles. The highest BCUT2D eigenvalue weighted by molar-refractivity contribution is 5.81. The van der Waals surface area contributed by atoms with Crippen LogP contribution in [0.5, 0.6) is 0 Å². The van der Waals surface area contributed by atoms with Crippen LogP contribution >= 0.6 is 0 Å². The number of nitrogens with zero attached hydrogens (tertiary/aromatic N) is 2. The molecule has 19 heavy (non-hydrogen) atoms. The molecule has 0 aromatic carbocycles. The Bertz CT molecular complexity index is 500. The van der Waals surface area contributed by atoms with Crippen LogP contribution in [0.15, 0.2) is 12.3 Å². The van der Waals surface area contributed by atoms with E-state index in [1.165, 1.54) is 19.0 Å². The summed E-state index contributed by atoms with van der Waals surface area (Å²) >= 11 is 0. The van der Waals surface area contributed by atoms with Crippen molar-refractivity contribution >= 4 is 17.4 Å². The summed E-state index contributed by atoms with van der Waals surface area (Å²) < 4.78 is 0. The molecule has 0 unspecified atom stereocenters. The fourth-order valence-corrected chi connectivity index (χ4v) is 1.72. The van der Waals surface area contributed by atoms with Crippen molar-refractivity contribution < 1.29 is 9.72 Å².